The van der Waals surface area contributed by atoms with E-state index >= 15 is 0 Å². The minimum atomic E-state index is 0.472. The Morgan fingerprint density at radius 3 is 2.00 bits per heavy atom. The van der Waals surface area contributed by atoms with Gasteiger partial charge in [-0.3, -0.25) is 0 Å². The average molecular weight is 46.5 g/mol. The van der Waals surface area contributed by atoms with Crippen LogP contribution in [0.5, 0.6) is 0 Å². The predicted molar refractivity (Wildman–Crippen MR) is 22.1 cm³/mol. The molecule has 0 aliphatic heterocycles. The van der Waals surface area contributed by atoms with Crippen LogP contribution in [0.4, 0.5) is 0 Å². The molecule has 4 heavy (non-hydrogen) atoms. The van der Waals surface area contributed by atoms with Gasteiger partial charge in [0.05, 0.1) is 7.85 Å². The SMILES string of the molecule is [B][B]C[B]. The third kappa shape index (κ3) is 2.19. The Labute approximate surface area is 30.0 Å². The van der Waals surface area contributed by atoms with Crippen molar-refractivity contribution in [1.82, 2.24) is 0 Å². The molecular weight excluding hydrogens is 44.4 g/mol. The first kappa shape index (κ1) is 4.19. The van der Waals surface area contributed by atoms with E-state index in [4.69, 9.17) is 15.6 Å². The Hall–Kier alpha value is 0.195. The van der Waals surface area contributed by atoms with E-state index in [2.05, 4.69) is 0 Å². The van der Waals surface area contributed by atoms with Crippen molar-refractivity contribution in [2.24, 2.45) is 0 Å². The summed E-state index contributed by atoms with van der Waals surface area (Å²) in [4.78, 5) is 0. The highest BCUT2D eigenvalue weighted by Crippen LogP contribution is 1.49. The molecule has 0 aliphatic rings. The van der Waals surface area contributed by atoms with Gasteiger partial charge in [-0.05, 0) is 0 Å². The van der Waals surface area contributed by atoms with Crippen LogP contribution in [-0.2, 0) is 0 Å². The third-order valence-electron chi connectivity index (χ3n) is 0.136. The molecule has 0 nitrogen and oxygen atoms in total. The van der Waals surface area contributed by atoms with Gasteiger partial charge in [-0.25, -0.2) is 0 Å². The van der Waals surface area contributed by atoms with Gasteiger partial charge in [-0.1, -0.05) is 0 Å². The summed E-state index contributed by atoms with van der Waals surface area (Å²) in [5, 5.41) is 0. The van der Waals surface area contributed by atoms with Crippen LogP contribution in [0.15, 0.2) is 0 Å². The van der Waals surface area contributed by atoms with E-state index in [9.17, 15) is 0 Å². The molecule has 0 N–H and O–H groups in total. The molecule has 0 saturated heterocycles. The third-order valence-corrected chi connectivity index (χ3v) is 0.136. The first-order valence-electron chi connectivity index (χ1n) is 1.15. The summed E-state index contributed by atoms with van der Waals surface area (Å²) in [5.41, 5.74) is 0. The fraction of sp³-hybridized carbons (Fsp3) is 1.00. The molecule has 0 bridgehead atoms. The van der Waals surface area contributed by atoms with Crippen LogP contribution >= 0.6 is 0 Å². The molecule has 15 valence electrons. The van der Waals surface area contributed by atoms with Crippen LogP contribution in [0.25, 0.3) is 0 Å². The molecule has 0 heterocycles. The van der Waals surface area contributed by atoms with Gasteiger partial charge in [0.2, 0.25) is 0 Å². The maximum atomic E-state index is 4.85. The van der Waals surface area contributed by atoms with Gasteiger partial charge in [0.25, 0.3) is 0 Å². The van der Waals surface area contributed by atoms with Crippen molar-refractivity contribution in [3.63, 3.8) is 0 Å². The molecule has 0 aliphatic carbocycles. The summed E-state index contributed by atoms with van der Waals surface area (Å²) in [6.45, 7) is 0. The van der Waals surface area contributed by atoms with Crippen LogP contribution in [0.3, 0.4) is 0 Å². The van der Waals surface area contributed by atoms with E-state index in [1.807, 2.05) is 0 Å². The maximum absolute atomic E-state index is 4.85. The summed E-state index contributed by atoms with van der Waals surface area (Å²) >= 11 is 0. The van der Waals surface area contributed by atoms with E-state index in [1.165, 1.54) is 7.17 Å². The molecular formula is CH2B3. The van der Waals surface area contributed by atoms with Crippen molar-refractivity contribution in [3.05, 3.63) is 0 Å². The van der Waals surface area contributed by atoms with Crippen molar-refractivity contribution in [2.45, 2.75) is 6.22 Å². The van der Waals surface area contributed by atoms with Crippen molar-refractivity contribution >= 4 is 22.8 Å². The monoisotopic (exact) mass is 47.0 g/mol. The quantitative estimate of drug-likeness (QED) is 0.343. The van der Waals surface area contributed by atoms with Crippen LogP contribution < -0.4 is 0 Å². The highest BCUT2D eigenvalue weighted by Gasteiger charge is 1.60. The first-order valence-corrected chi connectivity index (χ1v) is 1.15. The number of hydrogen-bond acceptors (Lipinski definition) is 0. The summed E-state index contributed by atoms with van der Waals surface area (Å²) in [7, 11) is 11.0. The maximum Gasteiger partial charge on any atom is 0.0533 e. The highest BCUT2D eigenvalue weighted by atomic mass is 13.0. The molecule has 0 unspecified atom stereocenters. The average Bonchev–Trinajstić information content (AvgIpc) is 1.37. The summed E-state index contributed by atoms with van der Waals surface area (Å²) in [5.74, 6) is 0. The van der Waals surface area contributed by atoms with Crippen molar-refractivity contribution in [2.75, 3.05) is 0 Å². The smallest absolute Gasteiger partial charge is 0.0533 e. The fourth-order valence-corrected chi connectivity index (χ4v) is 0. The number of hydrogen-bond donors (Lipinski definition) is 0. The molecule has 3 heteroatoms. The summed E-state index contributed by atoms with van der Waals surface area (Å²) in [6.07, 6.45) is 0.472. The van der Waals surface area contributed by atoms with Gasteiger partial charge in [0.1, 0.15) is 0 Å². The Bertz CT molecular complexity index is 5.25. The minimum absolute atomic E-state index is 0.472. The second kappa shape index (κ2) is 3.19. The predicted octanol–water partition coefficient (Wildman–Crippen LogP) is -0.682. The molecule has 0 aromatic carbocycles. The lowest BCUT2D eigenvalue weighted by molar-refractivity contribution is 2.12. The molecule has 0 amide bonds. The van der Waals surface area contributed by atoms with E-state index in [1.54, 1.807) is 0 Å². The Morgan fingerprint density at radius 1 is 1.75 bits per heavy atom. The van der Waals surface area contributed by atoms with Crippen LogP contribution in [0.1, 0.15) is 0 Å². The minimum Gasteiger partial charge on any atom is -0.122 e. The first-order chi connectivity index (χ1) is 1.91. The van der Waals surface area contributed by atoms with Crippen molar-refractivity contribution in [1.29, 1.82) is 0 Å². The lowest BCUT2D eigenvalue weighted by Gasteiger charge is -1.64. The molecule has 5 radical (unpaired) electrons. The second-order valence-electron chi connectivity index (χ2n) is 0.471. The molecule has 0 aromatic rings. The molecule has 0 fully saturated rings. The Balaban J connectivity index is 1.97. The van der Waals surface area contributed by atoms with Crippen molar-refractivity contribution in [3.8, 4) is 0 Å². The largest absolute Gasteiger partial charge is 0.122 e. The van der Waals surface area contributed by atoms with E-state index in [0.717, 1.165) is 0 Å². The van der Waals surface area contributed by atoms with Gasteiger partial charge in [0.15, 0.2) is 0 Å². The molecule has 0 spiro atoms. The van der Waals surface area contributed by atoms with E-state index in [0.29, 0.717) is 6.22 Å². The van der Waals surface area contributed by atoms with E-state index in [-0.39, 0.29) is 0 Å². The van der Waals surface area contributed by atoms with Crippen LogP contribution in [0, 0.1) is 0 Å². The van der Waals surface area contributed by atoms with Crippen LogP contribution in [0.2, 0.25) is 6.22 Å². The summed E-state index contributed by atoms with van der Waals surface area (Å²) in [6, 6.07) is 0. The van der Waals surface area contributed by atoms with Gasteiger partial charge in [-0.15, -0.1) is 6.22 Å². The van der Waals surface area contributed by atoms with Gasteiger partial charge < -0.3 is 0 Å². The lowest BCUT2D eigenvalue weighted by atomic mass is 9.49. The fourth-order valence-electron chi connectivity index (χ4n) is 0. The Morgan fingerprint density at radius 2 is 2.00 bits per heavy atom. The Kier molecular flexibility index (Phi) is 3.35. The van der Waals surface area contributed by atoms with Gasteiger partial charge in [-0.2, -0.15) is 0 Å². The van der Waals surface area contributed by atoms with E-state index < -0.39 is 0 Å². The second-order valence-corrected chi connectivity index (χ2v) is 0.471. The zero-order chi connectivity index (χ0) is 3.41. The van der Waals surface area contributed by atoms with Crippen molar-refractivity contribution < 1.29 is 0 Å². The standard InChI is InChI=1S/CH2B3/c2-1-4-3/h1H2. The highest BCUT2D eigenvalue weighted by molar-refractivity contribution is 6.91. The molecule has 0 aromatic heterocycles. The zero-order valence-corrected chi connectivity index (χ0v) is 2.44. The van der Waals surface area contributed by atoms with Crippen LogP contribution in [-0.4, -0.2) is 22.8 Å². The normalized spacial score (nSPS) is 6.00. The summed E-state index contributed by atoms with van der Waals surface area (Å²) < 4.78 is 0. The zero-order valence-electron chi connectivity index (χ0n) is 2.44. The lowest BCUT2D eigenvalue weighted by Crippen LogP contribution is -1.82. The number of rotatable bonds is 1. The van der Waals surface area contributed by atoms with Gasteiger partial charge >= 0.3 is 0 Å². The topological polar surface area (TPSA) is 0 Å². The van der Waals surface area contributed by atoms with Gasteiger partial charge in [0, 0.05) is 14.9 Å². The molecule has 0 atom stereocenters. The molecule has 0 rings (SSSR count). The molecule has 0 saturated carbocycles.